The average molecular weight is 405 g/mol. The summed E-state index contributed by atoms with van der Waals surface area (Å²) in [4.78, 5) is 26.3. The van der Waals surface area contributed by atoms with Gasteiger partial charge in [0, 0.05) is 24.7 Å². The van der Waals surface area contributed by atoms with Crippen LogP contribution in [-0.4, -0.2) is 33.8 Å². The number of aryl methyl sites for hydroxylation is 1. The van der Waals surface area contributed by atoms with Gasteiger partial charge in [0.15, 0.2) is 0 Å². The van der Waals surface area contributed by atoms with E-state index in [1.54, 1.807) is 4.90 Å². The minimum Gasteiger partial charge on any atom is -0.448 e. The second-order valence-corrected chi connectivity index (χ2v) is 8.50. The van der Waals surface area contributed by atoms with Gasteiger partial charge in [-0.05, 0) is 45.0 Å². The summed E-state index contributed by atoms with van der Waals surface area (Å²) in [5.74, 6) is -0.120. The van der Waals surface area contributed by atoms with E-state index in [0.29, 0.717) is 13.0 Å². The van der Waals surface area contributed by atoms with Crippen molar-refractivity contribution in [1.29, 1.82) is 0 Å². The number of furan rings is 1. The number of nitrogens with zero attached hydrogens (tertiary/aromatic N) is 1. The zero-order chi connectivity index (χ0) is 20.5. The molecule has 1 aliphatic heterocycles. The molecule has 3 rings (SSSR count). The number of hydrogen-bond acceptors (Lipinski definition) is 5. The van der Waals surface area contributed by atoms with E-state index in [4.69, 9.17) is 4.42 Å². The van der Waals surface area contributed by atoms with Crippen LogP contribution in [0.4, 0.5) is 5.69 Å². The maximum absolute atomic E-state index is 12.6. The first kappa shape index (κ1) is 20.1. The van der Waals surface area contributed by atoms with Gasteiger partial charge >= 0.3 is 0 Å². The Hall–Kier alpha value is -2.65. The summed E-state index contributed by atoms with van der Waals surface area (Å²) < 4.78 is 31.1. The van der Waals surface area contributed by atoms with Gasteiger partial charge in [0.1, 0.15) is 5.76 Å². The molecule has 0 saturated carbocycles. The number of rotatable bonds is 6. The highest BCUT2D eigenvalue weighted by molar-refractivity contribution is 7.89. The standard InChI is InChI=1S/C19H23N3O5S/c1-12(14-6-4-7-15(10-14)22-9-5-8-17(22)23)21-19(24)16-11-18(27-13(16)2)28(25,26)20-3/h4,6-7,10-12,20H,5,8-9H2,1-3H3,(H,21,24). The van der Waals surface area contributed by atoms with Crippen molar-refractivity contribution in [2.24, 2.45) is 0 Å². The summed E-state index contributed by atoms with van der Waals surface area (Å²) in [6, 6.07) is 8.34. The molecular formula is C19H23N3O5S. The van der Waals surface area contributed by atoms with Crippen LogP contribution < -0.4 is 14.9 Å². The topological polar surface area (TPSA) is 109 Å². The van der Waals surface area contributed by atoms with Crippen LogP contribution in [0.25, 0.3) is 0 Å². The molecule has 0 radical (unpaired) electrons. The molecule has 9 heteroatoms. The molecule has 0 aliphatic carbocycles. The zero-order valence-corrected chi connectivity index (χ0v) is 16.8. The third-order valence-corrected chi connectivity index (χ3v) is 6.04. The summed E-state index contributed by atoms with van der Waals surface area (Å²) in [5, 5.41) is 2.54. The Morgan fingerprint density at radius 2 is 2.04 bits per heavy atom. The van der Waals surface area contributed by atoms with Crippen molar-refractivity contribution in [3.05, 3.63) is 47.2 Å². The van der Waals surface area contributed by atoms with Crippen molar-refractivity contribution in [2.45, 2.75) is 37.8 Å². The quantitative estimate of drug-likeness (QED) is 0.765. The fraction of sp³-hybridized carbons (Fsp3) is 0.368. The number of benzene rings is 1. The number of sulfonamides is 1. The van der Waals surface area contributed by atoms with Crippen LogP contribution in [0.2, 0.25) is 0 Å². The highest BCUT2D eigenvalue weighted by atomic mass is 32.2. The first-order chi connectivity index (χ1) is 13.2. The Balaban J connectivity index is 1.77. The highest BCUT2D eigenvalue weighted by Crippen LogP contribution is 2.25. The predicted octanol–water partition coefficient (Wildman–Crippen LogP) is 2.11. The molecule has 1 atom stereocenters. The van der Waals surface area contributed by atoms with Gasteiger partial charge in [-0.25, -0.2) is 13.1 Å². The van der Waals surface area contributed by atoms with E-state index in [9.17, 15) is 18.0 Å². The van der Waals surface area contributed by atoms with Gasteiger partial charge in [-0.3, -0.25) is 9.59 Å². The van der Waals surface area contributed by atoms with Crippen LogP contribution in [0.3, 0.4) is 0 Å². The SMILES string of the molecule is CNS(=O)(=O)c1cc(C(=O)NC(C)c2cccc(N3CCCC3=O)c2)c(C)o1. The molecule has 150 valence electrons. The molecule has 1 aromatic heterocycles. The fourth-order valence-electron chi connectivity index (χ4n) is 3.15. The Morgan fingerprint density at radius 3 is 2.68 bits per heavy atom. The largest absolute Gasteiger partial charge is 0.448 e. The third kappa shape index (κ3) is 3.95. The number of nitrogens with one attached hydrogen (secondary N) is 2. The molecule has 1 unspecified atom stereocenters. The van der Waals surface area contributed by atoms with E-state index >= 15 is 0 Å². The van der Waals surface area contributed by atoms with Gasteiger partial charge in [0.25, 0.3) is 15.9 Å². The maximum Gasteiger partial charge on any atom is 0.273 e. The third-order valence-electron chi connectivity index (χ3n) is 4.78. The molecule has 1 aliphatic rings. The van der Waals surface area contributed by atoms with Crippen LogP contribution in [0.5, 0.6) is 0 Å². The van der Waals surface area contributed by atoms with Crippen molar-refractivity contribution in [3.8, 4) is 0 Å². The number of carbonyl (C=O) groups is 2. The molecule has 0 spiro atoms. The lowest BCUT2D eigenvalue weighted by Gasteiger charge is -2.19. The van der Waals surface area contributed by atoms with E-state index in [1.807, 2.05) is 31.2 Å². The van der Waals surface area contributed by atoms with Gasteiger partial charge < -0.3 is 14.6 Å². The van der Waals surface area contributed by atoms with Gasteiger partial charge in [-0.15, -0.1) is 0 Å². The normalized spacial score (nSPS) is 15.7. The molecule has 2 N–H and O–H groups in total. The van der Waals surface area contributed by atoms with Crippen LogP contribution in [0.1, 0.15) is 47.5 Å². The first-order valence-corrected chi connectivity index (χ1v) is 10.5. The summed E-state index contributed by atoms with van der Waals surface area (Å²) in [7, 11) is -2.50. The van der Waals surface area contributed by atoms with Gasteiger partial charge in [0.2, 0.25) is 11.0 Å². The molecule has 8 nitrogen and oxygen atoms in total. The number of carbonyl (C=O) groups excluding carboxylic acids is 2. The second kappa shape index (κ2) is 7.76. The first-order valence-electron chi connectivity index (χ1n) is 8.98. The van der Waals surface area contributed by atoms with Gasteiger partial charge in [-0.1, -0.05) is 12.1 Å². The summed E-state index contributed by atoms with van der Waals surface area (Å²) in [6.07, 6.45) is 1.39. The van der Waals surface area contributed by atoms with Crippen LogP contribution in [0, 0.1) is 6.92 Å². The summed E-state index contributed by atoms with van der Waals surface area (Å²) >= 11 is 0. The van der Waals surface area contributed by atoms with Crippen molar-refractivity contribution in [1.82, 2.24) is 10.0 Å². The Bertz CT molecular complexity index is 1010. The molecule has 1 saturated heterocycles. The van der Waals surface area contributed by atoms with Crippen LogP contribution in [0.15, 0.2) is 39.8 Å². The van der Waals surface area contributed by atoms with E-state index in [2.05, 4.69) is 10.0 Å². The molecule has 1 aromatic carbocycles. The number of amides is 2. The molecule has 2 aromatic rings. The monoisotopic (exact) mass is 405 g/mol. The van der Waals surface area contributed by atoms with Gasteiger partial charge in [-0.2, -0.15) is 0 Å². The number of anilines is 1. The Morgan fingerprint density at radius 1 is 1.29 bits per heavy atom. The minimum absolute atomic E-state index is 0.0983. The van der Waals surface area contributed by atoms with Crippen molar-refractivity contribution in [3.63, 3.8) is 0 Å². The van der Waals surface area contributed by atoms with Crippen molar-refractivity contribution < 1.29 is 22.4 Å². The molecule has 28 heavy (non-hydrogen) atoms. The smallest absolute Gasteiger partial charge is 0.273 e. The average Bonchev–Trinajstić information content (AvgIpc) is 3.27. The Kier molecular flexibility index (Phi) is 5.57. The zero-order valence-electron chi connectivity index (χ0n) is 16.0. The lowest BCUT2D eigenvalue weighted by molar-refractivity contribution is -0.117. The summed E-state index contributed by atoms with van der Waals surface area (Å²) in [5.41, 5.74) is 1.81. The lowest BCUT2D eigenvalue weighted by Crippen LogP contribution is -2.27. The predicted molar refractivity (Wildman–Crippen MR) is 104 cm³/mol. The fourth-order valence-corrected chi connectivity index (χ4v) is 3.86. The van der Waals surface area contributed by atoms with E-state index in [0.717, 1.165) is 17.7 Å². The van der Waals surface area contributed by atoms with E-state index < -0.39 is 15.9 Å². The molecule has 2 amide bonds. The van der Waals surface area contributed by atoms with Crippen molar-refractivity contribution in [2.75, 3.05) is 18.5 Å². The molecule has 0 bridgehead atoms. The maximum atomic E-state index is 12.6. The van der Waals surface area contributed by atoms with Crippen LogP contribution >= 0.6 is 0 Å². The summed E-state index contributed by atoms with van der Waals surface area (Å²) in [6.45, 7) is 4.05. The van der Waals surface area contributed by atoms with E-state index in [-0.39, 0.29) is 28.4 Å². The van der Waals surface area contributed by atoms with E-state index in [1.165, 1.54) is 20.0 Å². The highest BCUT2D eigenvalue weighted by Gasteiger charge is 2.25. The minimum atomic E-state index is -3.77. The molecule has 2 heterocycles. The Labute approximate surface area is 164 Å². The van der Waals surface area contributed by atoms with Gasteiger partial charge in [0.05, 0.1) is 11.6 Å². The second-order valence-electron chi connectivity index (χ2n) is 6.68. The molecular weight excluding hydrogens is 382 g/mol. The number of hydrogen-bond donors (Lipinski definition) is 2. The lowest BCUT2D eigenvalue weighted by atomic mass is 10.1. The molecule has 1 fully saturated rings. The van der Waals surface area contributed by atoms with Crippen molar-refractivity contribution >= 4 is 27.5 Å². The van der Waals surface area contributed by atoms with Crippen LogP contribution in [-0.2, 0) is 14.8 Å².